The number of hydrogen-bond acceptors (Lipinski definition) is 6. The van der Waals surface area contributed by atoms with Gasteiger partial charge in [0.05, 0.1) is 13.7 Å². The van der Waals surface area contributed by atoms with Gasteiger partial charge in [0.15, 0.2) is 0 Å². The second-order valence-electron chi connectivity index (χ2n) is 4.04. The van der Waals surface area contributed by atoms with Crippen LogP contribution in [0.3, 0.4) is 0 Å². The Kier molecular flexibility index (Phi) is 4.38. The van der Waals surface area contributed by atoms with Crippen molar-refractivity contribution in [3.8, 4) is 5.88 Å². The Morgan fingerprint density at radius 1 is 1.35 bits per heavy atom. The molecule has 0 spiro atoms. The maximum absolute atomic E-state index is 11.1. The number of nitrogens with two attached hydrogens (primary N) is 1. The van der Waals surface area contributed by atoms with E-state index < -0.39 is 10.0 Å². The molecule has 0 saturated carbocycles. The fourth-order valence-electron chi connectivity index (χ4n) is 1.67. The van der Waals surface area contributed by atoms with Crippen LogP contribution in [0.25, 0.3) is 0 Å². The summed E-state index contributed by atoms with van der Waals surface area (Å²) in [6.07, 6.45) is 1.65. The molecule has 108 valence electrons. The van der Waals surface area contributed by atoms with Gasteiger partial charge in [-0.05, 0) is 18.2 Å². The van der Waals surface area contributed by atoms with Crippen LogP contribution in [0.2, 0.25) is 0 Å². The van der Waals surface area contributed by atoms with E-state index in [1.54, 1.807) is 19.4 Å². The SMILES string of the molecule is COc1ncccc1CNCc1ccc(S(N)(=O)=O)o1. The summed E-state index contributed by atoms with van der Waals surface area (Å²) in [5.74, 6) is 1.03. The van der Waals surface area contributed by atoms with Crippen LogP contribution in [0.5, 0.6) is 5.88 Å². The summed E-state index contributed by atoms with van der Waals surface area (Å²) in [6.45, 7) is 0.885. The highest BCUT2D eigenvalue weighted by molar-refractivity contribution is 7.89. The molecule has 0 amide bonds. The average molecular weight is 297 g/mol. The molecule has 2 heterocycles. The van der Waals surface area contributed by atoms with E-state index in [1.807, 2.05) is 12.1 Å². The van der Waals surface area contributed by atoms with Crippen molar-refractivity contribution >= 4 is 10.0 Å². The Labute approximate surface area is 116 Å². The minimum Gasteiger partial charge on any atom is -0.481 e. The molecule has 3 N–H and O–H groups in total. The Balaban J connectivity index is 1.95. The van der Waals surface area contributed by atoms with Crippen molar-refractivity contribution in [3.05, 3.63) is 41.8 Å². The summed E-state index contributed by atoms with van der Waals surface area (Å²) >= 11 is 0. The van der Waals surface area contributed by atoms with Crippen LogP contribution in [-0.2, 0) is 23.1 Å². The maximum Gasteiger partial charge on any atom is 0.271 e. The van der Waals surface area contributed by atoms with E-state index >= 15 is 0 Å². The zero-order chi connectivity index (χ0) is 14.6. The highest BCUT2D eigenvalue weighted by atomic mass is 32.2. The first-order valence-corrected chi connectivity index (χ1v) is 7.35. The minimum absolute atomic E-state index is 0.242. The molecule has 2 aromatic rings. The van der Waals surface area contributed by atoms with E-state index in [0.717, 1.165) is 5.56 Å². The van der Waals surface area contributed by atoms with Crippen molar-refractivity contribution in [1.29, 1.82) is 0 Å². The van der Waals surface area contributed by atoms with Crippen LogP contribution in [0.15, 0.2) is 40.0 Å². The number of rotatable bonds is 6. The second kappa shape index (κ2) is 6.04. The number of primary sulfonamides is 1. The lowest BCUT2D eigenvalue weighted by Gasteiger charge is -2.07. The zero-order valence-corrected chi connectivity index (χ0v) is 11.7. The topological polar surface area (TPSA) is 107 Å². The largest absolute Gasteiger partial charge is 0.481 e. The predicted octanol–water partition coefficient (Wildman–Crippen LogP) is 0.620. The van der Waals surface area contributed by atoms with Gasteiger partial charge in [0, 0.05) is 18.3 Å². The molecule has 0 bridgehead atoms. The number of nitrogens with one attached hydrogen (secondary N) is 1. The lowest BCUT2D eigenvalue weighted by molar-refractivity contribution is 0.385. The molecule has 0 aliphatic heterocycles. The third-order valence-corrected chi connectivity index (χ3v) is 3.36. The summed E-state index contributed by atoms with van der Waals surface area (Å²) in [7, 11) is -2.24. The van der Waals surface area contributed by atoms with Gasteiger partial charge in [-0.15, -0.1) is 0 Å². The third-order valence-electron chi connectivity index (χ3n) is 2.58. The number of furan rings is 1. The Bertz CT molecular complexity index is 682. The molecule has 0 aromatic carbocycles. The van der Waals surface area contributed by atoms with Gasteiger partial charge in [-0.25, -0.2) is 18.5 Å². The molecule has 7 nitrogen and oxygen atoms in total. The van der Waals surface area contributed by atoms with Crippen molar-refractivity contribution in [2.75, 3.05) is 7.11 Å². The van der Waals surface area contributed by atoms with E-state index in [4.69, 9.17) is 14.3 Å². The molecule has 0 fully saturated rings. The van der Waals surface area contributed by atoms with Crippen LogP contribution < -0.4 is 15.2 Å². The summed E-state index contributed by atoms with van der Waals surface area (Å²) < 4.78 is 32.4. The first-order chi connectivity index (χ1) is 9.50. The number of sulfonamides is 1. The smallest absolute Gasteiger partial charge is 0.271 e. The van der Waals surface area contributed by atoms with Gasteiger partial charge in [0.1, 0.15) is 5.76 Å². The standard InChI is InChI=1S/C12H15N3O4S/c1-18-12-9(3-2-6-15-12)7-14-8-10-4-5-11(19-10)20(13,16)17/h2-6,14H,7-8H2,1H3,(H2,13,16,17). The van der Waals surface area contributed by atoms with Crippen LogP contribution in [-0.4, -0.2) is 20.5 Å². The average Bonchev–Trinajstić information content (AvgIpc) is 2.88. The van der Waals surface area contributed by atoms with E-state index in [0.29, 0.717) is 24.7 Å². The minimum atomic E-state index is -3.79. The molecule has 0 saturated heterocycles. The van der Waals surface area contributed by atoms with E-state index in [1.165, 1.54) is 6.07 Å². The number of ether oxygens (including phenoxy) is 1. The van der Waals surface area contributed by atoms with E-state index in [-0.39, 0.29) is 5.09 Å². The van der Waals surface area contributed by atoms with Crippen molar-refractivity contribution in [3.63, 3.8) is 0 Å². The van der Waals surface area contributed by atoms with Crippen molar-refractivity contribution < 1.29 is 17.6 Å². The van der Waals surface area contributed by atoms with Gasteiger partial charge in [0.2, 0.25) is 11.0 Å². The Morgan fingerprint density at radius 2 is 2.15 bits per heavy atom. The van der Waals surface area contributed by atoms with Gasteiger partial charge in [-0.2, -0.15) is 0 Å². The molecule has 2 aromatic heterocycles. The number of nitrogens with zero attached hydrogens (tertiary/aromatic N) is 1. The fraction of sp³-hybridized carbons (Fsp3) is 0.250. The van der Waals surface area contributed by atoms with Gasteiger partial charge >= 0.3 is 0 Å². The van der Waals surface area contributed by atoms with Crippen molar-refractivity contribution in [2.24, 2.45) is 5.14 Å². The van der Waals surface area contributed by atoms with Crippen LogP contribution in [0.1, 0.15) is 11.3 Å². The zero-order valence-electron chi connectivity index (χ0n) is 10.9. The molecular weight excluding hydrogens is 282 g/mol. The normalized spacial score (nSPS) is 11.5. The first-order valence-electron chi connectivity index (χ1n) is 5.81. The first kappa shape index (κ1) is 14.5. The maximum atomic E-state index is 11.1. The monoisotopic (exact) mass is 297 g/mol. The Hall–Kier alpha value is -1.90. The molecular formula is C12H15N3O4S. The highest BCUT2D eigenvalue weighted by Crippen LogP contribution is 2.14. The molecule has 8 heteroatoms. The van der Waals surface area contributed by atoms with Crippen molar-refractivity contribution in [1.82, 2.24) is 10.3 Å². The van der Waals surface area contributed by atoms with Crippen LogP contribution >= 0.6 is 0 Å². The molecule has 0 aliphatic carbocycles. The molecule has 0 radical (unpaired) electrons. The van der Waals surface area contributed by atoms with Gasteiger partial charge < -0.3 is 14.5 Å². The summed E-state index contributed by atoms with van der Waals surface area (Å²) in [6, 6.07) is 6.59. The van der Waals surface area contributed by atoms with Gasteiger partial charge in [-0.1, -0.05) is 6.07 Å². The lowest BCUT2D eigenvalue weighted by atomic mass is 10.2. The molecule has 0 unspecified atom stereocenters. The lowest BCUT2D eigenvalue weighted by Crippen LogP contribution is -2.13. The molecule has 0 atom stereocenters. The van der Waals surface area contributed by atoms with Crippen LogP contribution in [0, 0.1) is 0 Å². The number of methoxy groups -OCH3 is 1. The second-order valence-corrected chi connectivity index (χ2v) is 5.53. The van der Waals surface area contributed by atoms with Gasteiger partial charge in [0.25, 0.3) is 10.0 Å². The van der Waals surface area contributed by atoms with Crippen LogP contribution in [0.4, 0.5) is 0 Å². The Morgan fingerprint density at radius 3 is 2.80 bits per heavy atom. The van der Waals surface area contributed by atoms with E-state index in [2.05, 4.69) is 10.3 Å². The number of aromatic nitrogens is 1. The summed E-state index contributed by atoms with van der Waals surface area (Å²) in [5.41, 5.74) is 0.897. The third kappa shape index (κ3) is 3.56. The predicted molar refractivity (Wildman–Crippen MR) is 71.4 cm³/mol. The number of pyridine rings is 1. The highest BCUT2D eigenvalue weighted by Gasteiger charge is 2.13. The van der Waals surface area contributed by atoms with Gasteiger partial charge in [-0.3, -0.25) is 0 Å². The van der Waals surface area contributed by atoms with E-state index in [9.17, 15) is 8.42 Å². The molecule has 2 rings (SSSR count). The number of hydrogen-bond donors (Lipinski definition) is 2. The fourth-order valence-corrected chi connectivity index (χ4v) is 2.15. The summed E-state index contributed by atoms with van der Waals surface area (Å²) in [5, 5.41) is 7.83. The molecule has 20 heavy (non-hydrogen) atoms. The molecule has 0 aliphatic rings. The van der Waals surface area contributed by atoms with Crippen molar-refractivity contribution in [2.45, 2.75) is 18.2 Å². The summed E-state index contributed by atoms with van der Waals surface area (Å²) in [4.78, 5) is 4.08. The quantitative estimate of drug-likeness (QED) is 0.809.